The molecule has 1 amide bonds. The standard InChI is InChI=1S/C28H46N2O4/c1-16(30(6)7)25-23(34)14-27(4)21-10-9-20-18(12-19(21)22(33)13-28(25,27)5)8-11-24(29-17(2)32)26(20,3)15-31/h8,16,19-21,23-25,31,34H,9-15H2,1-7H3,(H,29,32)/t16-,19-,20+,21+,23+,24-,25-,26-,27-,28+/m0/s1. The van der Waals surface area contributed by atoms with Gasteiger partial charge < -0.3 is 20.4 Å². The van der Waals surface area contributed by atoms with E-state index in [0.29, 0.717) is 18.6 Å². The summed E-state index contributed by atoms with van der Waals surface area (Å²) < 4.78 is 0. The number of Topliss-reactive ketones (excluding diaryl/α,β-unsaturated/α-hetero) is 1. The molecule has 0 radical (unpaired) electrons. The number of nitrogens with zero attached hydrogens (tertiary/aromatic N) is 1. The highest BCUT2D eigenvalue weighted by Gasteiger charge is 2.67. The van der Waals surface area contributed by atoms with Gasteiger partial charge in [0.05, 0.1) is 12.7 Å². The van der Waals surface area contributed by atoms with Crippen molar-refractivity contribution in [3.63, 3.8) is 0 Å². The number of aliphatic hydroxyl groups is 2. The van der Waals surface area contributed by atoms with Crippen LogP contribution in [0.25, 0.3) is 0 Å². The second kappa shape index (κ2) is 8.70. The van der Waals surface area contributed by atoms with Crippen molar-refractivity contribution in [1.29, 1.82) is 0 Å². The second-order valence-corrected chi connectivity index (χ2v) is 13.0. The van der Waals surface area contributed by atoms with Crippen LogP contribution in [0.2, 0.25) is 0 Å². The maximum absolute atomic E-state index is 13.8. The highest BCUT2D eigenvalue weighted by molar-refractivity contribution is 5.84. The van der Waals surface area contributed by atoms with Crippen LogP contribution >= 0.6 is 0 Å². The van der Waals surface area contributed by atoms with Gasteiger partial charge in [0.15, 0.2) is 0 Å². The van der Waals surface area contributed by atoms with Gasteiger partial charge in [-0.2, -0.15) is 0 Å². The van der Waals surface area contributed by atoms with E-state index in [1.165, 1.54) is 12.5 Å². The Morgan fingerprint density at radius 2 is 1.91 bits per heavy atom. The summed E-state index contributed by atoms with van der Waals surface area (Å²) >= 11 is 0. The number of rotatable bonds is 4. The molecule has 0 heterocycles. The molecule has 0 aromatic heterocycles. The minimum absolute atomic E-state index is 0.0132. The number of amides is 1. The van der Waals surface area contributed by atoms with E-state index in [-0.39, 0.29) is 59.1 Å². The van der Waals surface area contributed by atoms with E-state index in [9.17, 15) is 19.8 Å². The zero-order valence-electron chi connectivity index (χ0n) is 22.2. The van der Waals surface area contributed by atoms with Crippen molar-refractivity contribution in [2.45, 2.75) is 91.3 Å². The molecule has 4 aliphatic rings. The summed E-state index contributed by atoms with van der Waals surface area (Å²) in [4.78, 5) is 27.9. The number of nitrogens with one attached hydrogen (secondary N) is 1. The van der Waals surface area contributed by atoms with Gasteiger partial charge in [0.2, 0.25) is 5.91 Å². The largest absolute Gasteiger partial charge is 0.396 e. The van der Waals surface area contributed by atoms with Gasteiger partial charge in [-0.1, -0.05) is 32.4 Å². The van der Waals surface area contributed by atoms with E-state index in [1.807, 2.05) is 0 Å². The number of carbonyl (C=O) groups is 2. The molecule has 192 valence electrons. The third-order valence-electron chi connectivity index (χ3n) is 11.3. The van der Waals surface area contributed by atoms with Crippen molar-refractivity contribution < 1.29 is 19.8 Å². The van der Waals surface area contributed by atoms with Gasteiger partial charge in [-0.15, -0.1) is 0 Å². The summed E-state index contributed by atoms with van der Waals surface area (Å²) in [7, 11) is 4.13. The lowest BCUT2D eigenvalue weighted by Crippen LogP contribution is -2.55. The summed E-state index contributed by atoms with van der Waals surface area (Å²) in [5.41, 5.74) is 0.508. The van der Waals surface area contributed by atoms with Gasteiger partial charge in [-0.3, -0.25) is 9.59 Å². The average Bonchev–Trinajstić information content (AvgIpc) is 2.87. The highest BCUT2D eigenvalue weighted by atomic mass is 16.3. The van der Waals surface area contributed by atoms with E-state index >= 15 is 0 Å². The zero-order valence-corrected chi connectivity index (χ0v) is 22.2. The fourth-order valence-corrected chi connectivity index (χ4v) is 8.98. The van der Waals surface area contributed by atoms with Crippen LogP contribution in [0.1, 0.15) is 73.1 Å². The number of ketones is 1. The molecular formula is C28H46N2O4. The summed E-state index contributed by atoms with van der Waals surface area (Å²) in [6.07, 6.45) is 6.40. The lowest BCUT2D eigenvalue weighted by Gasteiger charge is -2.56. The topological polar surface area (TPSA) is 89.9 Å². The van der Waals surface area contributed by atoms with Crippen molar-refractivity contribution in [1.82, 2.24) is 10.2 Å². The molecule has 10 atom stereocenters. The number of hydrogen-bond donors (Lipinski definition) is 3. The Bertz CT molecular complexity index is 870. The fraction of sp³-hybridized carbons (Fsp3) is 0.857. The van der Waals surface area contributed by atoms with Crippen molar-refractivity contribution in [3.8, 4) is 0 Å². The number of allylic oxidation sites excluding steroid dienone is 1. The Morgan fingerprint density at radius 1 is 1.24 bits per heavy atom. The third kappa shape index (κ3) is 3.62. The normalized spacial score (nSPS) is 47.2. The first kappa shape index (κ1) is 25.8. The van der Waals surface area contributed by atoms with E-state index < -0.39 is 11.5 Å². The van der Waals surface area contributed by atoms with Gasteiger partial charge in [-0.25, -0.2) is 0 Å². The maximum atomic E-state index is 13.8. The molecule has 6 heteroatoms. The van der Waals surface area contributed by atoms with Crippen LogP contribution in [0.4, 0.5) is 0 Å². The molecule has 0 unspecified atom stereocenters. The first-order valence-electron chi connectivity index (χ1n) is 13.2. The molecule has 6 nitrogen and oxygen atoms in total. The Labute approximate surface area is 205 Å². The van der Waals surface area contributed by atoms with Crippen molar-refractivity contribution in [2.75, 3.05) is 20.7 Å². The molecule has 3 saturated carbocycles. The lowest BCUT2D eigenvalue weighted by atomic mass is 9.48. The predicted octanol–water partition coefficient (Wildman–Crippen LogP) is 3.17. The third-order valence-corrected chi connectivity index (χ3v) is 11.3. The first-order valence-corrected chi connectivity index (χ1v) is 13.2. The van der Waals surface area contributed by atoms with Gasteiger partial charge in [0.25, 0.3) is 0 Å². The summed E-state index contributed by atoms with van der Waals surface area (Å²) in [5, 5.41) is 24.9. The Kier molecular flexibility index (Phi) is 6.61. The molecule has 0 aromatic carbocycles. The monoisotopic (exact) mass is 474 g/mol. The second-order valence-electron chi connectivity index (χ2n) is 13.0. The van der Waals surface area contributed by atoms with Crippen LogP contribution in [0.5, 0.6) is 0 Å². The van der Waals surface area contributed by atoms with Gasteiger partial charge in [0.1, 0.15) is 5.78 Å². The Balaban J connectivity index is 1.70. The van der Waals surface area contributed by atoms with Crippen LogP contribution in [0.15, 0.2) is 11.6 Å². The fourth-order valence-electron chi connectivity index (χ4n) is 8.98. The highest BCUT2D eigenvalue weighted by Crippen LogP contribution is 2.69. The van der Waals surface area contributed by atoms with Crippen LogP contribution in [-0.2, 0) is 9.59 Å². The summed E-state index contributed by atoms with van der Waals surface area (Å²) in [6, 6.07) is 0.0948. The number of carbonyl (C=O) groups excluding carboxylic acids is 2. The van der Waals surface area contributed by atoms with E-state index in [0.717, 1.165) is 25.7 Å². The smallest absolute Gasteiger partial charge is 0.217 e. The van der Waals surface area contributed by atoms with Crippen molar-refractivity contribution in [2.24, 2.45) is 39.9 Å². The van der Waals surface area contributed by atoms with Crippen LogP contribution < -0.4 is 5.32 Å². The molecule has 34 heavy (non-hydrogen) atoms. The first-order chi connectivity index (χ1) is 15.8. The maximum Gasteiger partial charge on any atom is 0.217 e. The lowest BCUT2D eigenvalue weighted by molar-refractivity contribution is -0.147. The number of hydrogen-bond acceptors (Lipinski definition) is 5. The molecule has 0 aromatic rings. The molecular weight excluding hydrogens is 428 g/mol. The summed E-state index contributed by atoms with van der Waals surface area (Å²) in [5.74, 6) is 0.708. The van der Waals surface area contributed by atoms with Crippen LogP contribution in [-0.4, -0.2) is 65.7 Å². The molecule has 4 aliphatic carbocycles. The van der Waals surface area contributed by atoms with Gasteiger partial charge in [-0.05, 0) is 75.8 Å². The molecule has 4 rings (SSSR count). The number of fused-ring (bicyclic) bond motifs is 4. The Hall–Kier alpha value is -1.24. The average molecular weight is 475 g/mol. The molecule has 0 spiro atoms. The molecule has 0 saturated heterocycles. The zero-order chi connectivity index (χ0) is 25.2. The molecule has 3 N–H and O–H groups in total. The Morgan fingerprint density at radius 3 is 2.50 bits per heavy atom. The van der Waals surface area contributed by atoms with E-state index in [2.05, 4.69) is 58.1 Å². The number of aliphatic hydroxyl groups excluding tert-OH is 2. The van der Waals surface area contributed by atoms with Crippen molar-refractivity contribution >= 4 is 11.7 Å². The van der Waals surface area contributed by atoms with Crippen LogP contribution in [0, 0.1) is 39.9 Å². The SMILES string of the molecule is CC(=O)N[C@H]1CC=C2C[C@@H]3C(=O)C[C@]4(C)[C@@H]([C@H](C)N(C)C)[C@H](O)C[C@@]4(C)[C@@H]3CC[C@H]2[C@]1(C)CO. The molecule has 0 aliphatic heterocycles. The van der Waals surface area contributed by atoms with Crippen LogP contribution in [0.3, 0.4) is 0 Å². The minimum atomic E-state index is -0.437. The molecule has 3 fully saturated rings. The van der Waals surface area contributed by atoms with Gasteiger partial charge >= 0.3 is 0 Å². The summed E-state index contributed by atoms with van der Waals surface area (Å²) in [6.45, 7) is 10.4. The minimum Gasteiger partial charge on any atom is -0.396 e. The van der Waals surface area contributed by atoms with E-state index in [4.69, 9.17) is 0 Å². The van der Waals surface area contributed by atoms with Gasteiger partial charge in [0, 0.05) is 42.7 Å². The van der Waals surface area contributed by atoms with Crippen molar-refractivity contribution in [3.05, 3.63) is 11.6 Å². The predicted molar refractivity (Wildman–Crippen MR) is 133 cm³/mol. The quantitative estimate of drug-likeness (QED) is 0.545. The molecule has 0 bridgehead atoms. The van der Waals surface area contributed by atoms with E-state index in [1.54, 1.807) is 0 Å².